The lowest BCUT2D eigenvalue weighted by molar-refractivity contribution is -0.387. The van der Waals surface area contributed by atoms with Crippen LogP contribution in [0.1, 0.15) is 11.1 Å². The van der Waals surface area contributed by atoms with E-state index in [4.69, 9.17) is 0 Å². The van der Waals surface area contributed by atoms with Gasteiger partial charge in [-0.1, -0.05) is 24.3 Å². The highest BCUT2D eigenvalue weighted by molar-refractivity contribution is 7.90. The second-order valence-electron chi connectivity index (χ2n) is 4.55. The number of benzene rings is 2. The van der Waals surface area contributed by atoms with E-state index in [9.17, 15) is 31.7 Å². The predicted octanol–water partition coefficient (Wildman–Crippen LogP) is 3.42. The number of para-hydroxylation sites is 1. The first-order chi connectivity index (χ1) is 11.1. The van der Waals surface area contributed by atoms with Gasteiger partial charge >= 0.3 is 6.18 Å². The SMILES string of the molecule is O=[N+]([O-])c1ccccc1S(=O)(=O)/N=C/c1ccc(C(F)(F)F)cc1. The number of nitrogens with zero attached hydrogens (tertiary/aromatic N) is 2. The minimum Gasteiger partial charge on any atom is -0.258 e. The maximum Gasteiger partial charge on any atom is 0.416 e. The number of hydrogen-bond acceptors (Lipinski definition) is 4. The van der Waals surface area contributed by atoms with Crippen LogP contribution in [-0.4, -0.2) is 19.6 Å². The van der Waals surface area contributed by atoms with E-state index in [0.29, 0.717) is 0 Å². The molecular formula is C14H9F3N2O4S. The lowest BCUT2D eigenvalue weighted by atomic mass is 10.1. The van der Waals surface area contributed by atoms with Gasteiger partial charge in [0.25, 0.3) is 15.7 Å². The molecule has 0 N–H and O–H groups in total. The highest BCUT2D eigenvalue weighted by atomic mass is 32.2. The molecule has 6 nitrogen and oxygen atoms in total. The first kappa shape index (κ1) is 17.6. The second-order valence-corrected chi connectivity index (χ2v) is 6.15. The molecular weight excluding hydrogens is 349 g/mol. The van der Waals surface area contributed by atoms with Gasteiger partial charge < -0.3 is 0 Å². The summed E-state index contributed by atoms with van der Waals surface area (Å²) in [5.74, 6) is 0. The number of halogens is 3. The van der Waals surface area contributed by atoms with E-state index in [0.717, 1.165) is 42.6 Å². The summed E-state index contributed by atoms with van der Waals surface area (Å²) in [6.45, 7) is 0. The molecule has 0 unspecified atom stereocenters. The van der Waals surface area contributed by atoms with Gasteiger partial charge in [0.05, 0.1) is 10.5 Å². The third-order valence-corrected chi connectivity index (χ3v) is 4.20. The number of sulfonamides is 1. The Morgan fingerprint density at radius 3 is 2.17 bits per heavy atom. The molecule has 126 valence electrons. The third kappa shape index (κ3) is 3.96. The van der Waals surface area contributed by atoms with Crippen LogP contribution in [-0.2, 0) is 16.2 Å². The van der Waals surface area contributed by atoms with Gasteiger partial charge in [0.1, 0.15) is 0 Å². The second kappa shape index (κ2) is 6.40. The molecule has 24 heavy (non-hydrogen) atoms. The van der Waals surface area contributed by atoms with Crippen molar-refractivity contribution in [3.05, 3.63) is 69.8 Å². The maximum absolute atomic E-state index is 12.4. The Morgan fingerprint density at radius 1 is 1.04 bits per heavy atom. The van der Waals surface area contributed by atoms with Crippen molar-refractivity contribution < 1.29 is 26.5 Å². The molecule has 0 aliphatic heterocycles. The van der Waals surface area contributed by atoms with Crippen LogP contribution in [0.15, 0.2) is 57.8 Å². The zero-order chi connectivity index (χ0) is 18.0. The van der Waals surface area contributed by atoms with Crippen molar-refractivity contribution in [3.63, 3.8) is 0 Å². The van der Waals surface area contributed by atoms with Gasteiger partial charge in [-0.05, 0) is 23.8 Å². The fourth-order valence-corrected chi connectivity index (χ4v) is 2.80. The van der Waals surface area contributed by atoms with E-state index >= 15 is 0 Å². The van der Waals surface area contributed by atoms with Crippen LogP contribution >= 0.6 is 0 Å². The van der Waals surface area contributed by atoms with Crippen molar-refractivity contribution in [2.45, 2.75) is 11.1 Å². The highest BCUT2D eigenvalue weighted by Crippen LogP contribution is 2.29. The van der Waals surface area contributed by atoms with Gasteiger partial charge in [0, 0.05) is 12.3 Å². The molecule has 2 aromatic rings. The van der Waals surface area contributed by atoms with Gasteiger partial charge in [0.2, 0.25) is 0 Å². The molecule has 0 saturated heterocycles. The van der Waals surface area contributed by atoms with Gasteiger partial charge in [-0.25, -0.2) is 0 Å². The zero-order valence-electron chi connectivity index (χ0n) is 11.8. The van der Waals surface area contributed by atoms with Crippen molar-refractivity contribution in [2.75, 3.05) is 0 Å². The summed E-state index contributed by atoms with van der Waals surface area (Å²) in [5.41, 5.74) is -1.42. The standard InChI is InChI=1S/C14H9F3N2O4S/c15-14(16,17)11-7-5-10(6-8-11)9-18-24(22,23)13-4-2-1-3-12(13)19(20)21/h1-9H/b18-9+. The van der Waals surface area contributed by atoms with Crippen LogP contribution < -0.4 is 0 Å². The van der Waals surface area contributed by atoms with Crippen LogP contribution in [0.25, 0.3) is 0 Å². The lowest BCUT2D eigenvalue weighted by Gasteiger charge is -2.05. The largest absolute Gasteiger partial charge is 0.416 e. The third-order valence-electron chi connectivity index (χ3n) is 2.92. The Balaban J connectivity index is 2.33. The molecule has 0 aliphatic rings. The molecule has 2 aromatic carbocycles. The Hall–Kier alpha value is -2.75. The molecule has 0 saturated carbocycles. The van der Waals surface area contributed by atoms with E-state index in [1.807, 2.05) is 0 Å². The van der Waals surface area contributed by atoms with Crippen LogP contribution in [0.2, 0.25) is 0 Å². The first-order valence-electron chi connectivity index (χ1n) is 6.32. The molecule has 0 aromatic heterocycles. The summed E-state index contributed by atoms with van der Waals surface area (Å²) in [7, 11) is -4.37. The predicted molar refractivity (Wildman–Crippen MR) is 79.3 cm³/mol. The van der Waals surface area contributed by atoms with Crippen LogP contribution in [0, 0.1) is 10.1 Å². The minimum atomic E-state index is -4.51. The van der Waals surface area contributed by atoms with Gasteiger partial charge in [-0.15, -0.1) is 0 Å². The molecule has 2 rings (SSSR count). The fraction of sp³-hybridized carbons (Fsp3) is 0.0714. The van der Waals surface area contributed by atoms with Crippen LogP contribution in [0.3, 0.4) is 0 Å². The van der Waals surface area contributed by atoms with E-state index in [2.05, 4.69) is 4.40 Å². The number of nitro benzene ring substituents is 1. The molecule has 0 radical (unpaired) electrons. The average Bonchev–Trinajstić information content (AvgIpc) is 2.52. The summed E-state index contributed by atoms with van der Waals surface area (Å²) in [6, 6.07) is 8.28. The van der Waals surface area contributed by atoms with Crippen LogP contribution in [0.5, 0.6) is 0 Å². The highest BCUT2D eigenvalue weighted by Gasteiger charge is 2.30. The number of hydrogen-bond donors (Lipinski definition) is 0. The van der Waals surface area contributed by atoms with Crippen LogP contribution in [0.4, 0.5) is 18.9 Å². The zero-order valence-corrected chi connectivity index (χ0v) is 12.6. The summed E-state index contributed by atoms with van der Waals surface area (Å²) in [5, 5.41) is 10.9. The van der Waals surface area contributed by atoms with Gasteiger partial charge in [-0.3, -0.25) is 10.1 Å². The molecule has 0 heterocycles. The molecule has 0 spiro atoms. The van der Waals surface area contributed by atoms with Gasteiger partial charge in [-0.2, -0.15) is 26.0 Å². The average molecular weight is 358 g/mol. The quantitative estimate of drug-likeness (QED) is 0.476. The lowest BCUT2D eigenvalue weighted by Crippen LogP contribution is -2.05. The first-order valence-corrected chi connectivity index (χ1v) is 7.76. The van der Waals surface area contributed by atoms with Crippen molar-refractivity contribution in [2.24, 2.45) is 4.40 Å². The van der Waals surface area contributed by atoms with Crippen molar-refractivity contribution in [1.82, 2.24) is 0 Å². The van der Waals surface area contributed by atoms with Gasteiger partial charge in [0.15, 0.2) is 4.90 Å². The molecule has 0 atom stereocenters. The minimum absolute atomic E-state index is 0.102. The summed E-state index contributed by atoms with van der Waals surface area (Å²) >= 11 is 0. The fourth-order valence-electron chi connectivity index (χ4n) is 1.77. The van der Waals surface area contributed by atoms with Crippen molar-refractivity contribution >= 4 is 21.9 Å². The Morgan fingerprint density at radius 2 is 1.62 bits per heavy atom. The summed E-state index contributed by atoms with van der Waals surface area (Å²) < 4.78 is 64.8. The number of rotatable bonds is 4. The number of alkyl halides is 3. The monoisotopic (exact) mass is 358 g/mol. The molecule has 0 bridgehead atoms. The topological polar surface area (TPSA) is 89.6 Å². The molecule has 0 amide bonds. The van der Waals surface area contributed by atoms with E-state index in [1.54, 1.807) is 0 Å². The van der Waals surface area contributed by atoms with E-state index < -0.39 is 37.3 Å². The normalized spacial score (nSPS) is 12.5. The molecule has 0 aliphatic carbocycles. The maximum atomic E-state index is 12.4. The smallest absolute Gasteiger partial charge is 0.258 e. The summed E-state index contributed by atoms with van der Waals surface area (Å²) in [6.07, 6.45) is -3.68. The Labute approximate surface area is 134 Å². The van der Waals surface area contributed by atoms with E-state index in [1.165, 1.54) is 12.1 Å². The Kier molecular flexibility index (Phi) is 4.69. The molecule has 0 fully saturated rings. The molecule has 10 heteroatoms. The van der Waals surface area contributed by atoms with Crippen molar-refractivity contribution in [3.8, 4) is 0 Å². The Bertz CT molecular complexity index is 891. The van der Waals surface area contributed by atoms with Crippen molar-refractivity contribution in [1.29, 1.82) is 0 Å². The number of nitro groups is 1. The van der Waals surface area contributed by atoms with E-state index in [-0.39, 0.29) is 5.56 Å². The summed E-state index contributed by atoms with van der Waals surface area (Å²) in [4.78, 5) is 9.40.